The molecule has 0 atom stereocenters. The first-order valence-corrected chi connectivity index (χ1v) is 9.09. The highest BCUT2D eigenvalue weighted by atomic mass is 16.5. The Labute approximate surface area is 166 Å². The van der Waals surface area contributed by atoms with E-state index in [-0.39, 0.29) is 0 Å². The second-order valence-corrected chi connectivity index (χ2v) is 6.59. The lowest BCUT2D eigenvalue weighted by molar-refractivity contribution is 0.394. The van der Waals surface area contributed by atoms with E-state index in [1.807, 2.05) is 45.5 Å². The molecule has 0 bridgehead atoms. The van der Waals surface area contributed by atoms with E-state index < -0.39 is 0 Å². The van der Waals surface area contributed by atoms with Crippen molar-refractivity contribution in [2.24, 2.45) is 0 Å². The molecule has 5 rings (SSSR count). The summed E-state index contributed by atoms with van der Waals surface area (Å²) in [7, 11) is 3.24. The Bertz CT molecular complexity index is 1290. The Morgan fingerprint density at radius 3 is 2.38 bits per heavy atom. The predicted octanol–water partition coefficient (Wildman–Crippen LogP) is 3.21. The third-order valence-electron chi connectivity index (χ3n) is 4.83. The van der Waals surface area contributed by atoms with Gasteiger partial charge in [-0.1, -0.05) is 30.3 Å². The van der Waals surface area contributed by atoms with Crippen LogP contribution in [0.3, 0.4) is 0 Å². The van der Waals surface area contributed by atoms with Crippen molar-refractivity contribution in [2.75, 3.05) is 14.2 Å². The van der Waals surface area contributed by atoms with E-state index in [9.17, 15) is 0 Å². The zero-order chi connectivity index (χ0) is 19.8. The van der Waals surface area contributed by atoms with Crippen LogP contribution in [0.5, 0.6) is 11.5 Å². The van der Waals surface area contributed by atoms with Crippen molar-refractivity contribution in [3.8, 4) is 22.9 Å². The first-order chi connectivity index (χ1) is 14.3. The summed E-state index contributed by atoms with van der Waals surface area (Å²) in [5.74, 6) is 2.02. The smallest absolute Gasteiger partial charge is 0.175 e. The fourth-order valence-corrected chi connectivity index (χ4v) is 3.38. The predicted molar refractivity (Wildman–Crippen MR) is 108 cm³/mol. The average Bonchev–Trinajstić information content (AvgIpc) is 3.38. The van der Waals surface area contributed by atoms with Gasteiger partial charge < -0.3 is 9.47 Å². The van der Waals surface area contributed by atoms with E-state index in [0.29, 0.717) is 29.5 Å². The Hall–Kier alpha value is -3.94. The standard InChI is InChI=1S/C21H18N6O2/c1-28-16-8-15(9-17(10-16)29-2)19-24-25-21-18-11-23-27(20(18)22-13-26(19)21)12-14-6-4-3-5-7-14/h3-11,13H,12H2,1-2H3. The molecule has 0 amide bonds. The number of methoxy groups -OCH3 is 2. The molecule has 144 valence electrons. The van der Waals surface area contributed by atoms with Crippen molar-refractivity contribution in [3.63, 3.8) is 0 Å². The molecule has 0 aliphatic rings. The lowest BCUT2D eigenvalue weighted by Gasteiger charge is -2.07. The highest BCUT2D eigenvalue weighted by Crippen LogP contribution is 2.30. The molecule has 3 aromatic heterocycles. The zero-order valence-corrected chi connectivity index (χ0v) is 16.0. The summed E-state index contributed by atoms with van der Waals surface area (Å²) in [5, 5.41) is 14.1. The summed E-state index contributed by atoms with van der Waals surface area (Å²) in [6.45, 7) is 0.640. The molecular weight excluding hydrogens is 368 g/mol. The van der Waals surface area contributed by atoms with E-state index in [0.717, 1.165) is 22.2 Å². The van der Waals surface area contributed by atoms with Crippen LogP contribution in [0, 0.1) is 0 Å². The van der Waals surface area contributed by atoms with Crippen LogP contribution >= 0.6 is 0 Å². The molecule has 0 unspecified atom stereocenters. The number of nitrogens with zero attached hydrogens (tertiary/aromatic N) is 6. The van der Waals surface area contributed by atoms with Gasteiger partial charge in [0.2, 0.25) is 0 Å². The van der Waals surface area contributed by atoms with Gasteiger partial charge in [0.15, 0.2) is 17.1 Å². The maximum Gasteiger partial charge on any atom is 0.175 e. The maximum absolute atomic E-state index is 5.37. The quantitative estimate of drug-likeness (QED) is 0.461. The van der Waals surface area contributed by atoms with Gasteiger partial charge in [0.05, 0.1) is 32.3 Å². The summed E-state index contributed by atoms with van der Waals surface area (Å²) in [6, 6.07) is 15.8. The van der Waals surface area contributed by atoms with Crippen LogP contribution in [0.2, 0.25) is 0 Å². The number of rotatable bonds is 5. The van der Waals surface area contributed by atoms with Gasteiger partial charge >= 0.3 is 0 Å². The molecule has 29 heavy (non-hydrogen) atoms. The fourth-order valence-electron chi connectivity index (χ4n) is 3.38. The van der Waals surface area contributed by atoms with Crippen LogP contribution in [0.15, 0.2) is 61.1 Å². The summed E-state index contributed by atoms with van der Waals surface area (Å²) in [6.07, 6.45) is 3.51. The van der Waals surface area contributed by atoms with Gasteiger partial charge in [0, 0.05) is 11.6 Å². The highest BCUT2D eigenvalue weighted by Gasteiger charge is 2.16. The van der Waals surface area contributed by atoms with Gasteiger partial charge in [-0.05, 0) is 17.7 Å². The summed E-state index contributed by atoms with van der Waals surface area (Å²) in [5.41, 5.74) is 3.45. The summed E-state index contributed by atoms with van der Waals surface area (Å²) < 4.78 is 14.5. The van der Waals surface area contributed by atoms with Gasteiger partial charge in [-0.3, -0.25) is 4.40 Å². The van der Waals surface area contributed by atoms with E-state index in [2.05, 4.69) is 32.4 Å². The fraction of sp³-hybridized carbons (Fsp3) is 0.143. The van der Waals surface area contributed by atoms with Crippen LogP contribution in [-0.2, 0) is 6.54 Å². The second-order valence-electron chi connectivity index (χ2n) is 6.59. The van der Waals surface area contributed by atoms with Crippen molar-refractivity contribution >= 4 is 16.7 Å². The zero-order valence-electron chi connectivity index (χ0n) is 16.0. The third kappa shape index (κ3) is 2.94. The minimum Gasteiger partial charge on any atom is -0.497 e. The maximum atomic E-state index is 5.37. The average molecular weight is 386 g/mol. The molecular formula is C21H18N6O2. The molecule has 2 aromatic carbocycles. The summed E-state index contributed by atoms with van der Waals surface area (Å²) in [4.78, 5) is 4.63. The molecule has 5 aromatic rings. The van der Waals surface area contributed by atoms with Crippen LogP contribution < -0.4 is 9.47 Å². The van der Waals surface area contributed by atoms with Crippen molar-refractivity contribution in [2.45, 2.75) is 6.54 Å². The van der Waals surface area contributed by atoms with Gasteiger partial charge in [-0.2, -0.15) is 5.10 Å². The van der Waals surface area contributed by atoms with E-state index in [1.165, 1.54) is 0 Å². The molecule has 0 fully saturated rings. The topological polar surface area (TPSA) is 79.4 Å². The molecule has 8 nitrogen and oxygen atoms in total. The van der Waals surface area contributed by atoms with E-state index in [1.54, 1.807) is 26.7 Å². The number of hydrogen-bond donors (Lipinski definition) is 0. The normalized spacial score (nSPS) is 11.2. The summed E-state index contributed by atoms with van der Waals surface area (Å²) >= 11 is 0. The van der Waals surface area contributed by atoms with Crippen LogP contribution in [0.25, 0.3) is 28.1 Å². The molecule has 0 N–H and O–H groups in total. The van der Waals surface area contributed by atoms with Crippen LogP contribution in [-0.4, -0.2) is 43.6 Å². The highest BCUT2D eigenvalue weighted by molar-refractivity contribution is 5.89. The second kappa shape index (κ2) is 6.90. The third-order valence-corrected chi connectivity index (χ3v) is 4.83. The minimum atomic E-state index is 0.640. The van der Waals surface area contributed by atoms with Gasteiger partial charge in [0.1, 0.15) is 17.8 Å². The molecule has 0 saturated carbocycles. The minimum absolute atomic E-state index is 0.640. The lowest BCUT2D eigenvalue weighted by Crippen LogP contribution is -2.03. The Morgan fingerprint density at radius 2 is 1.66 bits per heavy atom. The number of benzene rings is 2. The lowest BCUT2D eigenvalue weighted by atomic mass is 10.2. The van der Waals surface area contributed by atoms with Crippen molar-refractivity contribution in [1.82, 2.24) is 29.4 Å². The van der Waals surface area contributed by atoms with Crippen molar-refractivity contribution < 1.29 is 9.47 Å². The number of aromatic nitrogens is 6. The molecule has 8 heteroatoms. The molecule has 3 heterocycles. The van der Waals surface area contributed by atoms with Gasteiger partial charge in [-0.25, -0.2) is 9.67 Å². The first kappa shape index (κ1) is 17.2. The molecule has 0 radical (unpaired) electrons. The van der Waals surface area contributed by atoms with E-state index in [4.69, 9.17) is 9.47 Å². The van der Waals surface area contributed by atoms with Crippen molar-refractivity contribution in [3.05, 3.63) is 66.6 Å². The van der Waals surface area contributed by atoms with Crippen LogP contribution in [0.1, 0.15) is 5.56 Å². The molecule has 0 aliphatic heterocycles. The van der Waals surface area contributed by atoms with Crippen LogP contribution in [0.4, 0.5) is 0 Å². The Kier molecular flexibility index (Phi) is 4.09. The molecule has 0 spiro atoms. The monoisotopic (exact) mass is 386 g/mol. The number of hydrogen-bond acceptors (Lipinski definition) is 6. The van der Waals surface area contributed by atoms with Gasteiger partial charge in [-0.15, -0.1) is 10.2 Å². The van der Waals surface area contributed by atoms with E-state index >= 15 is 0 Å². The first-order valence-electron chi connectivity index (χ1n) is 9.09. The molecule has 0 aliphatic carbocycles. The Balaban J connectivity index is 1.61. The number of fused-ring (bicyclic) bond motifs is 3. The SMILES string of the molecule is COc1cc(OC)cc(-c2nnc3c4cnn(Cc5ccccc5)c4ncn23)c1. The van der Waals surface area contributed by atoms with Crippen molar-refractivity contribution in [1.29, 1.82) is 0 Å². The molecule has 0 saturated heterocycles. The number of ether oxygens (including phenoxy) is 2. The largest absolute Gasteiger partial charge is 0.497 e. The van der Waals surface area contributed by atoms with Gasteiger partial charge in [0.25, 0.3) is 0 Å². The Morgan fingerprint density at radius 1 is 0.897 bits per heavy atom.